The van der Waals surface area contributed by atoms with Crippen molar-refractivity contribution in [1.82, 2.24) is 10.3 Å². The minimum atomic E-state index is 0. The van der Waals surface area contributed by atoms with E-state index in [4.69, 9.17) is 10.5 Å². The van der Waals surface area contributed by atoms with E-state index in [2.05, 4.69) is 31.2 Å². The lowest BCUT2D eigenvalue weighted by molar-refractivity contribution is 0.412. The second-order valence-electron chi connectivity index (χ2n) is 4.67. The molecule has 2 rings (SSSR count). The molecule has 1 heterocycles. The Morgan fingerprint density at radius 1 is 1.35 bits per heavy atom. The predicted octanol–water partition coefficient (Wildman–Crippen LogP) is 3.12. The molecule has 7 heteroatoms. The van der Waals surface area contributed by atoms with Crippen molar-refractivity contribution in [1.29, 1.82) is 0 Å². The summed E-state index contributed by atoms with van der Waals surface area (Å²) in [5.74, 6) is 1.23. The van der Waals surface area contributed by atoms with Gasteiger partial charge in [-0.1, -0.05) is 12.1 Å². The van der Waals surface area contributed by atoms with Crippen LogP contribution in [0.5, 0.6) is 5.75 Å². The van der Waals surface area contributed by atoms with Crippen LogP contribution in [0.1, 0.15) is 11.3 Å². The summed E-state index contributed by atoms with van der Waals surface area (Å²) >= 11 is 3.45. The number of rotatable bonds is 6. The van der Waals surface area contributed by atoms with Gasteiger partial charge in [-0.2, -0.15) is 0 Å². The van der Waals surface area contributed by atoms with Gasteiger partial charge in [-0.3, -0.25) is 4.98 Å². The Labute approximate surface area is 161 Å². The van der Waals surface area contributed by atoms with Crippen LogP contribution in [-0.2, 0) is 13.0 Å². The lowest BCUT2D eigenvalue weighted by Crippen LogP contribution is -2.33. The fourth-order valence-electron chi connectivity index (χ4n) is 1.91. The molecule has 0 fully saturated rings. The number of benzene rings is 1. The molecule has 0 radical (unpaired) electrons. The maximum atomic E-state index is 5.86. The number of pyridine rings is 1. The van der Waals surface area contributed by atoms with Gasteiger partial charge in [0.1, 0.15) is 5.75 Å². The summed E-state index contributed by atoms with van der Waals surface area (Å²) in [6.45, 7) is 1.23. The Bertz CT molecular complexity index is 637. The van der Waals surface area contributed by atoms with Crippen molar-refractivity contribution < 1.29 is 4.74 Å². The first-order valence-electron chi connectivity index (χ1n) is 6.95. The van der Waals surface area contributed by atoms with Crippen LogP contribution >= 0.6 is 39.9 Å². The lowest BCUT2D eigenvalue weighted by atomic mass is 10.2. The third kappa shape index (κ3) is 6.74. The standard InChI is InChI=1S/C16H19BrN4O.HI/c1-22-15-6-5-12(10-14(15)17)11-21-16(18)20-9-7-13-4-2-3-8-19-13;/h2-6,8,10H,7,9,11H2,1H3,(H3,18,20,21);1H. The quantitative estimate of drug-likeness (QED) is 0.370. The third-order valence-corrected chi connectivity index (χ3v) is 3.68. The van der Waals surface area contributed by atoms with Gasteiger partial charge in [0.25, 0.3) is 0 Å². The minimum absolute atomic E-state index is 0. The zero-order valence-electron chi connectivity index (χ0n) is 12.8. The number of hydrogen-bond acceptors (Lipinski definition) is 3. The molecule has 0 spiro atoms. The van der Waals surface area contributed by atoms with Gasteiger partial charge in [0, 0.05) is 24.9 Å². The number of guanidine groups is 1. The zero-order valence-corrected chi connectivity index (χ0v) is 16.7. The smallest absolute Gasteiger partial charge is 0.188 e. The van der Waals surface area contributed by atoms with E-state index in [9.17, 15) is 0 Å². The molecule has 3 N–H and O–H groups in total. The Morgan fingerprint density at radius 2 is 2.17 bits per heavy atom. The summed E-state index contributed by atoms with van der Waals surface area (Å²) in [7, 11) is 1.64. The minimum Gasteiger partial charge on any atom is -0.496 e. The van der Waals surface area contributed by atoms with Crippen LogP contribution in [0.25, 0.3) is 0 Å². The number of nitrogens with zero attached hydrogens (tertiary/aromatic N) is 2. The average Bonchev–Trinajstić information content (AvgIpc) is 2.54. The highest BCUT2D eigenvalue weighted by atomic mass is 127. The monoisotopic (exact) mass is 490 g/mol. The molecule has 124 valence electrons. The summed E-state index contributed by atoms with van der Waals surface area (Å²) in [5.41, 5.74) is 7.95. The molecule has 0 aliphatic heterocycles. The molecule has 1 aromatic carbocycles. The molecule has 0 unspecified atom stereocenters. The Balaban J connectivity index is 0.00000264. The van der Waals surface area contributed by atoms with Crippen molar-refractivity contribution in [2.24, 2.45) is 10.7 Å². The SMILES string of the molecule is COc1ccc(CN=C(N)NCCc2ccccn2)cc1Br.I. The second-order valence-corrected chi connectivity index (χ2v) is 5.52. The maximum Gasteiger partial charge on any atom is 0.188 e. The molecule has 0 aliphatic carbocycles. The second kappa shape index (κ2) is 10.4. The molecule has 2 aromatic rings. The fraction of sp³-hybridized carbons (Fsp3) is 0.250. The zero-order chi connectivity index (χ0) is 15.8. The number of nitrogens with one attached hydrogen (secondary N) is 1. The van der Waals surface area contributed by atoms with Crippen molar-refractivity contribution in [2.75, 3.05) is 13.7 Å². The first kappa shape index (κ1) is 19.7. The van der Waals surface area contributed by atoms with E-state index in [1.807, 2.05) is 36.4 Å². The lowest BCUT2D eigenvalue weighted by Gasteiger charge is -2.07. The molecule has 5 nitrogen and oxygen atoms in total. The van der Waals surface area contributed by atoms with E-state index >= 15 is 0 Å². The van der Waals surface area contributed by atoms with Gasteiger partial charge in [0.05, 0.1) is 18.1 Å². The van der Waals surface area contributed by atoms with Crippen LogP contribution < -0.4 is 15.8 Å². The first-order valence-corrected chi connectivity index (χ1v) is 7.74. The average molecular weight is 491 g/mol. The Hall–Kier alpha value is -1.35. The summed E-state index contributed by atoms with van der Waals surface area (Å²) in [6.07, 6.45) is 2.60. The number of halogens is 2. The predicted molar refractivity (Wildman–Crippen MR) is 107 cm³/mol. The Kier molecular flexibility index (Phi) is 8.93. The van der Waals surface area contributed by atoms with Crippen molar-refractivity contribution in [3.63, 3.8) is 0 Å². The molecule has 23 heavy (non-hydrogen) atoms. The van der Waals surface area contributed by atoms with Gasteiger partial charge in [-0.15, -0.1) is 24.0 Å². The highest BCUT2D eigenvalue weighted by Crippen LogP contribution is 2.25. The highest BCUT2D eigenvalue weighted by molar-refractivity contribution is 14.0. The number of nitrogens with two attached hydrogens (primary N) is 1. The highest BCUT2D eigenvalue weighted by Gasteiger charge is 2.01. The van der Waals surface area contributed by atoms with Crippen molar-refractivity contribution in [2.45, 2.75) is 13.0 Å². The number of aromatic nitrogens is 1. The van der Waals surface area contributed by atoms with Crippen LogP contribution in [0.15, 0.2) is 52.1 Å². The summed E-state index contributed by atoms with van der Waals surface area (Å²) in [5, 5.41) is 3.09. The largest absolute Gasteiger partial charge is 0.496 e. The van der Waals surface area contributed by atoms with Gasteiger partial charge in [0.2, 0.25) is 0 Å². The Morgan fingerprint density at radius 3 is 2.83 bits per heavy atom. The molecule has 0 saturated heterocycles. The van der Waals surface area contributed by atoms with Crippen molar-refractivity contribution in [3.8, 4) is 5.75 Å². The van der Waals surface area contributed by atoms with Gasteiger partial charge < -0.3 is 15.8 Å². The number of aliphatic imine (C=N–C) groups is 1. The molecular weight excluding hydrogens is 471 g/mol. The van der Waals surface area contributed by atoms with Gasteiger partial charge >= 0.3 is 0 Å². The molecular formula is C16H20BrIN4O. The number of methoxy groups -OCH3 is 1. The van der Waals surface area contributed by atoms with E-state index in [1.54, 1.807) is 13.3 Å². The van der Waals surface area contributed by atoms with Crippen LogP contribution in [0.3, 0.4) is 0 Å². The number of ether oxygens (including phenoxy) is 1. The third-order valence-electron chi connectivity index (χ3n) is 3.06. The van der Waals surface area contributed by atoms with Crippen LogP contribution in [0, 0.1) is 0 Å². The van der Waals surface area contributed by atoms with Crippen LogP contribution in [0.4, 0.5) is 0 Å². The molecule has 0 aliphatic rings. The topological polar surface area (TPSA) is 72.5 Å². The maximum absolute atomic E-state index is 5.86. The van der Waals surface area contributed by atoms with Crippen molar-refractivity contribution >= 4 is 45.9 Å². The van der Waals surface area contributed by atoms with E-state index < -0.39 is 0 Å². The summed E-state index contributed by atoms with van der Waals surface area (Å²) < 4.78 is 6.10. The molecule has 0 amide bonds. The van der Waals surface area contributed by atoms with Crippen LogP contribution in [0.2, 0.25) is 0 Å². The molecule has 1 aromatic heterocycles. The van der Waals surface area contributed by atoms with E-state index in [1.165, 1.54) is 0 Å². The van der Waals surface area contributed by atoms with Gasteiger partial charge in [-0.25, -0.2) is 4.99 Å². The molecule has 0 atom stereocenters. The summed E-state index contributed by atoms with van der Waals surface area (Å²) in [4.78, 5) is 8.58. The van der Waals surface area contributed by atoms with E-state index in [0.29, 0.717) is 19.0 Å². The normalized spacial score (nSPS) is 10.8. The van der Waals surface area contributed by atoms with E-state index in [-0.39, 0.29) is 24.0 Å². The van der Waals surface area contributed by atoms with E-state index in [0.717, 1.165) is 27.9 Å². The summed E-state index contributed by atoms with van der Waals surface area (Å²) in [6, 6.07) is 11.7. The first-order chi connectivity index (χ1) is 10.7. The van der Waals surface area contributed by atoms with Crippen molar-refractivity contribution in [3.05, 3.63) is 58.3 Å². The van der Waals surface area contributed by atoms with Gasteiger partial charge in [0.15, 0.2) is 5.96 Å². The van der Waals surface area contributed by atoms with Crippen LogP contribution in [-0.4, -0.2) is 24.6 Å². The number of hydrogen-bond donors (Lipinski definition) is 2. The molecule has 0 saturated carbocycles. The fourth-order valence-corrected chi connectivity index (χ4v) is 2.49. The molecule has 0 bridgehead atoms. The van der Waals surface area contributed by atoms with Gasteiger partial charge in [-0.05, 0) is 45.8 Å².